The van der Waals surface area contributed by atoms with Gasteiger partial charge in [-0.05, 0) is 46.5 Å². The molecule has 0 radical (unpaired) electrons. The van der Waals surface area contributed by atoms with Crippen LogP contribution in [0.25, 0.3) is 0 Å². The predicted molar refractivity (Wildman–Crippen MR) is 95.5 cm³/mol. The summed E-state index contributed by atoms with van der Waals surface area (Å²) < 4.78 is 13.1. The number of ether oxygens (including phenoxy) is 2. The molecule has 2 aromatic rings. The van der Waals surface area contributed by atoms with E-state index in [9.17, 15) is 4.79 Å². The molecule has 0 aliphatic rings. The summed E-state index contributed by atoms with van der Waals surface area (Å²) in [5, 5.41) is 7.16. The number of carbonyl (C=O) groups excluding carboxylic acids is 1. The van der Waals surface area contributed by atoms with Crippen LogP contribution in [0.1, 0.15) is 24.9 Å². The van der Waals surface area contributed by atoms with Crippen LogP contribution >= 0.6 is 15.9 Å². The number of nitrogens with zero attached hydrogens (tertiary/aromatic N) is 2. The second kappa shape index (κ2) is 8.73. The van der Waals surface area contributed by atoms with Gasteiger partial charge in [0.1, 0.15) is 6.04 Å². The first-order valence-electron chi connectivity index (χ1n) is 7.77. The van der Waals surface area contributed by atoms with Crippen molar-refractivity contribution in [3.63, 3.8) is 0 Å². The van der Waals surface area contributed by atoms with Gasteiger partial charge >= 0.3 is 0 Å². The summed E-state index contributed by atoms with van der Waals surface area (Å²) in [5.74, 6) is 1.35. The van der Waals surface area contributed by atoms with E-state index < -0.39 is 0 Å². The Labute approximate surface area is 150 Å². The standard InChI is InChI=1S/C17H22BrN3O3/c1-4-14(21-11-13(18)10-20-21)17(22)19-8-7-12-5-6-15(23-2)16(9-12)24-3/h5-6,9-11,14H,4,7-8H2,1-3H3,(H,19,22). The minimum Gasteiger partial charge on any atom is -0.493 e. The van der Waals surface area contributed by atoms with Gasteiger partial charge in [-0.25, -0.2) is 0 Å². The minimum absolute atomic E-state index is 0.0337. The van der Waals surface area contributed by atoms with Crippen molar-refractivity contribution in [1.82, 2.24) is 15.1 Å². The molecule has 1 heterocycles. The molecule has 1 aromatic carbocycles. The molecular weight excluding hydrogens is 374 g/mol. The molecule has 1 N–H and O–H groups in total. The average Bonchev–Trinajstić information content (AvgIpc) is 3.01. The summed E-state index contributed by atoms with van der Waals surface area (Å²) >= 11 is 3.35. The summed E-state index contributed by atoms with van der Waals surface area (Å²) in [6.45, 7) is 2.52. The number of halogens is 1. The van der Waals surface area contributed by atoms with Crippen molar-refractivity contribution < 1.29 is 14.3 Å². The number of nitrogens with one attached hydrogen (secondary N) is 1. The first-order chi connectivity index (χ1) is 11.6. The maximum Gasteiger partial charge on any atom is 0.244 e. The highest BCUT2D eigenvalue weighted by Gasteiger charge is 2.18. The van der Waals surface area contributed by atoms with E-state index >= 15 is 0 Å². The van der Waals surface area contributed by atoms with Gasteiger partial charge in [0.25, 0.3) is 0 Å². The number of hydrogen-bond donors (Lipinski definition) is 1. The largest absolute Gasteiger partial charge is 0.493 e. The van der Waals surface area contributed by atoms with Gasteiger partial charge in [-0.3, -0.25) is 9.48 Å². The molecule has 0 saturated heterocycles. The Morgan fingerprint density at radius 2 is 2.08 bits per heavy atom. The number of hydrogen-bond acceptors (Lipinski definition) is 4. The lowest BCUT2D eigenvalue weighted by molar-refractivity contribution is -0.124. The summed E-state index contributed by atoms with van der Waals surface area (Å²) in [7, 11) is 3.22. The summed E-state index contributed by atoms with van der Waals surface area (Å²) in [5.41, 5.74) is 1.07. The number of rotatable bonds is 8. The first-order valence-corrected chi connectivity index (χ1v) is 8.56. The van der Waals surface area contributed by atoms with Gasteiger partial charge in [0.15, 0.2) is 11.5 Å². The lowest BCUT2D eigenvalue weighted by Crippen LogP contribution is -2.33. The van der Waals surface area contributed by atoms with Crippen LogP contribution in [0.4, 0.5) is 0 Å². The monoisotopic (exact) mass is 395 g/mol. The van der Waals surface area contributed by atoms with Crippen LogP contribution in [0.5, 0.6) is 11.5 Å². The van der Waals surface area contributed by atoms with Crippen LogP contribution in [0.15, 0.2) is 35.1 Å². The van der Waals surface area contributed by atoms with Gasteiger partial charge in [-0.1, -0.05) is 13.0 Å². The highest BCUT2D eigenvalue weighted by Crippen LogP contribution is 2.27. The Morgan fingerprint density at radius 1 is 1.33 bits per heavy atom. The SMILES string of the molecule is CCC(C(=O)NCCc1ccc(OC)c(OC)c1)n1cc(Br)cn1. The van der Waals surface area contributed by atoms with E-state index in [-0.39, 0.29) is 11.9 Å². The molecule has 2 rings (SSSR count). The fourth-order valence-corrected chi connectivity index (χ4v) is 2.76. The van der Waals surface area contributed by atoms with Crippen LogP contribution in [0.2, 0.25) is 0 Å². The molecule has 24 heavy (non-hydrogen) atoms. The minimum atomic E-state index is -0.304. The Morgan fingerprint density at radius 3 is 2.67 bits per heavy atom. The predicted octanol–water partition coefficient (Wildman–Crippen LogP) is 2.97. The van der Waals surface area contributed by atoms with E-state index in [2.05, 4.69) is 26.3 Å². The molecule has 1 unspecified atom stereocenters. The molecule has 1 amide bonds. The highest BCUT2D eigenvalue weighted by molar-refractivity contribution is 9.10. The number of benzene rings is 1. The summed E-state index contributed by atoms with van der Waals surface area (Å²) in [6, 6.07) is 5.45. The smallest absolute Gasteiger partial charge is 0.244 e. The zero-order valence-corrected chi connectivity index (χ0v) is 15.7. The quantitative estimate of drug-likeness (QED) is 0.745. The topological polar surface area (TPSA) is 65.4 Å². The third kappa shape index (κ3) is 4.50. The van der Waals surface area contributed by atoms with E-state index in [0.717, 1.165) is 10.0 Å². The van der Waals surface area contributed by atoms with Gasteiger partial charge in [0, 0.05) is 12.7 Å². The van der Waals surface area contributed by atoms with Crippen molar-refractivity contribution in [3.8, 4) is 11.5 Å². The number of methoxy groups -OCH3 is 2. The Kier molecular flexibility index (Phi) is 6.66. The average molecular weight is 396 g/mol. The maximum absolute atomic E-state index is 12.4. The third-order valence-corrected chi connectivity index (χ3v) is 4.15. The summed E-state index contributed by atoms with van der Waals surface area (Å²) in [6.07, 6.45) is 4.88. The molecule has 7 heteroatoms. The van der Waals surface area contributed by atoms with E-state index in [0.29, 0.717) is 30.9 Å². The van der Waals surface area contributed by atoms with Crippen LogP contribution in [0.3, 0.4) is 0 Å². The maximum atomic E-state index is 12.4. The van der Waals surface area contributed by atoms with Gasteiger partial charge in [0.2, 0.25) is 5.91 Å². The van der Waals surface area contributed by atoms with Crippen molar-refractivity contribution >= 4 is 21.8 Å². The lowest BCUT2D eigenvalue weighted by Gasteiger charge is -2.15. The zero-order chi connectivity index (χ0) is 17.5. The van der Waals surface area contributed by atoms with E-state index in [4.69, 9.17) is 9.47 Å². The molecule has 0 fully saturated rings. The van der Waals surface area contributed by atoms with Gasteiger partial charge in [-0.15, -0.1) is 0 Å². The Bertz CT molecular complexity index is 687. The van der Waals surface area contributed by atoms with Crippen LogP contribution in [0, 0.1) is 0 Å². The third-order valence-electron chi connectivity index (χ3n) is 3.74. The van der Waals surface area contributed by atoms with E-state index in [1.165, 1.54) is 0 Å². The fraction of sp³-hybridized carbons (Fsp3) is 0.412. The molecule has 1 aromatic heterocycles. The first kappa shape index (κ1) is 18.3. The van der Waals surface area contributed by atoms with E-state index in [1.807, 2.05) is 31.3 Å². The van der Waals surface area contributed by atoms with Gasteiger partial charge in [0.05, 0.1) is 24.9 Å². The number of carbonyl (C=O) groups is 1. The Balaban J connectivity index is 1.92. The Hall–Kier alpha value is -2.02. The zero-order valence-electron chi connectivity index (χ0n) is 14.1. The van der Waals surface area contributed by atoms with Gasteiger partial charge < -0.3 is 14.8 Å². The molecule has 130 valence electrons. The second-order valence-corrected chi connectivity index (χ2v) is 6.21. The lowest BCUT2D eigenvalue weighted by atomic mass is 10.1. The second-order valence-electron chi connectivity index (χ2n) is 5.29. The molecule has 0 aliphatic heterocycles. The molecular formula is C17H22BrN3O3. The van der Waals surface area contributed by atoms with Crippen molar-refractivity contribution in [1.29, 1.82) is 0 Å². The summed E-state index contributed by atoms with van der Waals surface area (Å²) in [4.78, 5) is 12.4. The molecule has 1 atom stereocenters. The van der Waals surface area contributed by atoms with Crippen LogP contribution < -0.4 is 14.8 Å². The normalized spacial score (nSPS) is 11.8. The molecule has 0 aliphatic carbocycles. The van der Waals surface area contributed by atoms with Crippen molar-refractivity contribution in [2.45, 2.75) is 25.8 Å². The van der Waals surface area contributed by atoms with Crippen LogP contribution in [-0.4, -0.2) is 36.5 Å². The van der Waals surface area contributed by atoms with Crippen LogP contribution in [-0.2, 0) is 11.2 Å². The molecule has 0 saturated carbocycles. The number of amides is 1. The highest BCUT2D eigenvalue weighted by atomic mass is 79.9. The fourth-order valence-electron chi connectivity index (χ4n) is 2.46. The molecule has 0 bridgehead atoms. The van der Waals surface area contributed by atoms with Crippen molar-refractivity contribution in [2.75, 3.05) is 20.8 Å². The molecule has 6 nitrogen and oxygen atoms in total. The van der Waals surface area contributed by atoms with Crippen molar-refractivity contribution in [3.05, 3.63) is 40.6 Å². The van der Waals surface area contributed by atoms with Crippen molar-refractivity contribution in [2.24, 2.45) is 0 Å². The van der Waals surface area contributed by atoms with E-state index in [1.54, 1.807) is 25.1 Å². The van der Waals surface area contributed by atoms with Gasteiger partial charge in [-0.2, -0.15) is 5.10 Å². The molecule has 0 spiro atoms. The number of aromatic nitrogens is 2.